The third-order valence-electron chi connectivity index (χ3n) is 7.66. The number of halogens is 4. The molecule has 0 bridgehead atoms. The highest BCUT2D eigenvalue weighted by molar-refractivity contribution is 6.30. The first-order valence-electron chi connectivity index (χ1n) is 13.6. The molecule has 5 rings (SSSR count). The van der Waals surface area contributed by atoms with E-state index in [1.165, 1.54) is 6.07 Å². The van der Waals surface area contributed by atoms with Crippen LogP contribution in [0.4, 0.5) is 13.2 Å². The van der Waals surface area contributed by atoms with Crippen LogP contribution in [0.1, 0.15) is 36.3 Å². The molecule has 2 N–H and O–H groups in total. The van der Waals surface area contributed by atoms with Crippen LogP contribution < -0.4 is 15.4 Å². The van der Waals surface area contributed by atoms with E-state index in [4.69, 9.17) is 11.6 Å². The molecule has 2 aliphatic rings. The van der Waals surface area contributed by atoms with Gasteiger partial charge in [-0.15, -0.1) is 13.2 Å². The first-order valence-corrected chi connectivity index (χ1v) is 14.0. The lowest BCUT2D eigenvalue weighted by Gasteiger charge is -2.41. The van der Waals surface area contributed by atoms with Crippen LogP contribution in [0.5, 0.6) is 5.75 Å². The fourth-order valence-corrected chi connectivity index (χ4v) is 5.78. The minimum Gasteiger partial charge on any atom is -0.405 e. The Hall–Kier alpha value is -3.89. The van der Waals surface area contributed by atoms with E-state index in [-0.39, 0.29) is 43.0 Å². The number of amides is 3. The van der Waals surface area contributed by atoms with Crippen LogP contribution in [0, 0.1) is 5.92 Å². The number of carbonyl (C=O) groups excluding carboxylic acids is 3. The van der Waals surface area contributed by atoms with E-state index in [2.05, 4.69) is 15.4 Å². The lowest BCUT2D eigenvalue weighted by molar-refractivity contribution is -0.274. The molecule has 2 atom stereocenters. The Balaban J connectivity index is 1.37. The molecule has 0 radical (unpaired) electrons. The van der Waals surface area contributed by atoms with Crippen LogP contribution in [0.3, 0.4) is 0 Å². The number of hydrogen-bond acceptors (Lipinski definition) is 5. The van der Waals surface area contributed by atoms with Gasteiger partial charge in [0.2, 0.25) is 17.7 Å². The average molecular weight is 600 g/mol. The number of nitrogens with one attached hydrogen (secondary N) is 2. The Kier molecular flexibility index (Phi) is 8.84. The number of hydrogen-bond donors (Lipinski definition) is 2. The van der Waals surface area contributed by atoms with E-state index in [1.54, 1.807) is 41.3 Å². The highest BCUT2D eigenvalue weighted by atomic mass is 35.5. The lowest BCUT2D eigenvalue weighted by Crippen LogP contribution is -2.52. The van der Waals surface area contributed by atoms with E-state index in [0.717, 1.165) is 11.1 Å². The van der Waals surface area contributed by atoms with Gasteiger partial charge in [-0.05, 0) is 47.4 Å². The van der Waals surface area contributed by atoms with Crippen LogP contribution in [-0.2, 0) is 20.9 Å². The van der Waals surface area contributed by atoms with Crippen molar-refractivity contribution in [3.63, 3.8) is 0 Å². The maximum absolute atomic E-state index is 13.3. The largest absolute Gasteiger partial charge is 0.573 e. The summed E-state index contributed by atoms with van der Waals surface area (Å²) in [6, 6.07) is 20.9. The van der Waals surface area contributed by atoms with Crippen molar-refractivity contribution in [2.45, 2.75) is 44.1 Å². The lowest BCUT2D eigenvalue weighted by atomic mass is 9.84. The van der Waals surface area contributed by atoms with Crippen LogP contribution >= 0.6 is 11.6 Å². The van der Waals surface area contributed by atoms with Crippen LogP contribution in [0.25, 0.3) is 11.1 Å². The first-order chi connectivity index (χ1) is 20.1. The zero-order chi connectivity index (χ0) is 29.9. The fourth-order valence-electron chi connectivity index (χ4n) is 5.65. The van der Waals surface area contributed by atoms with E-state index in [0.29, 0.717) is 35.7 Å². The third-order valence-corrected chi connectivity index (χ3v) is 7.91. The van der Waals surface area contributed by atoms with Crippen molar-refractivity contribution in [1.82, 2.24) is 15.5 Å². The van der Waals surface area contributed by atoms with Gasteiger partial charge in [0.25, 0.3) is 0 Å². The average Bonchev–Trinajstić information content (AvgIpc) is 2.96. The molecule has 11 heteroatoms. The molecule has 0 aromatic heterocycles. The predicted octanol–water partition coefficient (Wildman–Crippen LogP) is 5.43. The molecule has 3 aromatic rings. The summed E-state index contributed by atoms with van der Waals surface area (Å²) in [5.74, 6) is -2.34. The van der Waals surface area contributed by atoms with Crippen molar-refractivity contribution >= 4 is 29.3 Å². The van der Waals surface area contributed by atoms with Gasteiger partial charge < -0.3 is 15.0 Å². The summed E-state index contributed by atoms with van der Waals surface area (Å²) in [5, 5.41) is 6.21. The van der Waals surface area contributed by atoms with Gasteiger partial charge in [-0.25, -0.2) is 0 Å². The zero-order valence-electron chi connectivity index (χ0n) is 22.5. The van der Waals surface area contributed by atoms with Gasteiger partial charge in [0.05, 0.1) is 5.92 Å². The number of likely N-dealkylation sites (tertiary alicyclic amines) is 1. The summed E-state index contributed by atoms with van der Waals surface area (Å²) in [7, 11) is 0. The molecule has 2 aliphatic heterocycles. The summed E-state index contributed by atoms with van der Waals surface area (Å²) in [5.41, 5.74) is 2.80. The molecule has 2 heterocycles. The summed E-state index contributed by atoms with van der Waals surface area (Å²) in [6.45, 7) is 0.804. The van der Waals surface area contributed by atoms with Crippen molar-refractivity contribution in [1.29, 1.82) is 0 Å². The molecule has 7 nitrogen and oxygen atoms in total. The Morgan fingerprint density at radius 3 is 2.31 bits per heavy atom. The van der Waals surface area contributed by atoms with Gasteiger partial charge >= 0.3 is 6.36 Å². The molecule has 3 amide bonds. The molecule has 42 heavy (non-hydrogen) atoms. The monoisotopic (exact) mass is 599 g/mol. The molecule has 0 spiro atoms. The van der Waals surface area contributed by atoms with Crippen molar-refractivity contribution in [2.75, 3.05) is 13.1 Å². The normalized spacial score (nSPS) is 19.9. The van der Waals surface area contributed by atoms with Crippen LogP contribution in [-0.4, -0.2) is 48.1 Å². The summed E-state index contributed by atoms with van der Waals surface area (Å²) in [4.78, 5) is 38.8. The summed E-state index contributed by atoms with van der Waals surface area (Å²) < 4.78 is 44.1. The number of alkyl halides is 3. The Morgan fingerprint density at radius 2 is 1.64 bits per heavy atom. The van der Waals surface area contributed by atoms with Gasteiger partial charge in [-0.3, -0.25) is 19.7 Å². The van der Waals surface area contributed by atoms with Gasteiger partial charge in [-0.2, -0.15) is 0 Å². The minimum absolute atomic E-state index is 0.0370. The second kappa shape index (κ2) is 12.5. The first kappa shape index (κ1) is 29.6. The van der Waals surface area contributed by atoms with E-state index in [9.17, 15) is 27.6 Å². The van der Waals surface area contributed by atoms with Crippen LogP contribution in [0.2, 0.25) is 5.02 Å². The number of piperidine rings is 2. The maximum Gasteiger partial charge on any atom is 0.573 e. The molecule has 3 aromatic carbocycles. The Morgan fingerprint density at radius 1 is 0.976 bits per heavy atom. The van der Waals surface area contributed by atoms with Crippen molar-refractivity contribution in [2.24, 2.45) is 5.92 Å². The second-order valence-electron chi connectivity index (χ2n) is 10.5. The molecule has 0 unspecified atom stereocenters. The number of carbonyl (C=O) groups is 3. The second-order valence-corrected chi connectivity index (χ2v) is 11.0. The van der Waals surface area contributed by atoms with E-state index >= 15 is 0 Å². The molecular formula is C31H29ClF3N3O4. The van der Waals surface area contributed by atoms with Gasteiger partial charge in [0.15, 0.2) is 0 Å². The number of benzene rings is 3. The van der Waals surface area contributed by atoms with E-state index < -0.39 is 24.1 Å². The predicted molar refractivity (Wildman–Crippen MR) is 150 cm³/mol. The Labute approximate surface area is 246 Å². The Bertz CT molecular complexity index is 1430. The molecule has 0 saturated carbocycles. The molecule has 0 aliphatic carbocycles. The molecule has 2 saturated heterocycles. The van der Waals surface area contributed by atoms with Crippen molar-refractivity contribution in [3.8, 4) is 16.9 Å². The quantitative estimate of drug-likeness (QED) is 0.354. The third kappa shape index (κ3) is 7.30. The topological polar surface area (TPSA) is 87.7 Å². The number of ether oxygens (including phenoxy) is 1. The highest BCUT2D eigenvalue weighted by Gasteiger charge is 2.38. The van der Waals surface area contributed by atoms with Crippen LogP contribution in [0.15, 0.2) is 72.8 Å². The van der Waals surface area contributed by atoms with Gasteiger partial charge in [0.1, 0.15) is 5.75 Å². The van der Waals surface area contributed by atoms with Crippen molar-refractivity contribution in [3.05, 3.63) is 88.9 Å². The maximum atomic E-state index is 13.3. The minimum atomic E-state index is -4.85. The number of imide groups is 1. The highest BCUT2D eigenvalue weighted by Crippen LogP contribution is 2.33. The summed E-state index contributed by atoms with van der Waals surface area (Å²) in [6.07, 6.45) is -4.41. The SMILES string of the molecule is O=C1CC(C(=O)N2CC[C@H](NCc3cc(-c4ccc(Cl)cc4)ccc3OC(F)(F)F)[C@H](c3ccccc3)C2)CC(=O)N1. The summed E-state index contributed by atoms with van der Waals surface area (Å²) >= 11 is 6.00. The standard InChI is InChI=1S/C31H29ClF3N3O4/c32-24-9-6-19(7-10-24)21-8-11-27(42-31(33,34)35)23(14-21)17-36-26-12-13-38(18-25(26)20-4-2-1-3-5-20)30(41)22-15-28(39)37-29(40)16-22/h1-11,14,22,25-26,36H,12-13,15-18H2,(H,37,39,40)/t25-,26-/m0/s1. The zero-order valence-corrected chi connectivity index (χ0v) is 23.3. The number of rotatable bonds is 7. The van der Waals surface area contributed by atoms with E-state index in [1.807, 2.05) is 30.3 Å². The number of nitrogens with zero attached hydrogens (tertiary/aromatic N) is 1. The molecular weight excluding hydrogens is 571 g/mol. The smallest absolute Gasteiger partial charge is 0.405 e. The van der Waals surface area contributed by atoms with Crippen molar-refractivity contribution < 1.29 is 32.3 Å². The fraction of sp³-hybridized carbons (Fsp3) is 0.323. The van der Waals surface area contributed by atoms with Gasteiger partial charge in [0, 0.05) is 55.0 Å². The molecule has 2 fully saturated rings. The molecule has 220 valence electrons. The van der Waals surface area contributed by atoms with Gasteiger partial charge in [-0.1, -0.05) is 60.1 Å².